The average molecular weight is 387 g/mol. The van der Waals surface area contributed by atoms with Crippen molar-refractivity contribution in [2.24, 2.45) is 0 Å². The molecule has 2 aliphatic rings. The molecule has 1 spiro atoms. The van der Waals surface area contributed by atoms with Gasteiger partial charge in [-0.3, -0.25) is 9.59 Å². The van der Waals surface area contributed by atoms with Gasteiger partial charge < -0.3 is 19.1 Å². The number of likely N-dealkylation sites (tertiary alicyclic amines) is 1. The van der Waals surface area contributed by atoms with Gasteiger partial charge in [0.25, 0.3) is 11.8 Å². The second-order valence-corrected chi connectivity index (χ2v) is 7.40. The van der Waals surface area contributed by atoms with Gasteiger partial charge in [-0.15, -0.1) is 0 Å². The van der Waals surface area contributed by atoms with Crippen LogP contribution in [0.15, 0.2) is 30.7 Å². The summed E-state index contributed by atoms with van der Waals surface area (Å²) >= 11 is 0. The summed E-state index contributed by atoms with van der Waals surface area (Å²) in [4.78, 5) is 36.3. The van der Waals surface area contributed by atoms with Gasteiger partial charge in [-0.25, -0.2) is 9.97 Å². The SMILES string of the molecule is CN(C)C(=O)[C@H]1Cn2ccnc2C2(CCN(C(=O)c3ccnc(F)c3)CC2)O1. The first-order valence-electron chi connectivity index (χ1n) is 9.21. The fourth-order valence-electron chi connectivity index (χ4n) is 3.94. The fourth-order valence-corrected chi connectivity index (χ4v) is 3.94. The Hall–Kier alpha value is -2.81. The summed E-state index contributed by atoms with van der Waals surface area (Å²) in [5, 5.41) is 0. The maximum atomic E-state index is 13.3. The molecule has 28 heavy (non-hydrogen) atoms. The molecule has 1 atom stereocenters. The molecule has 0 bridgehead atoms. The molecule has 2 amide bonds. The van der Waals surface area contributed by atoms with E-state index in [2.05, 4.69) is 9.97 Å². The second-order valence-electron chi connectivity index (χ2n) is 7.40. The smallest absolute Gasteiger partial charge is 0.254 e. The Labute approximate surface area is 161 Å². The van der Waals surface area contributed by atoms with Crippen molar-refractivity contribution in [2.45, 2.75) is 31.1 Å². The molecule has 2 aromatic rings. The van der Waals surface area contributed by atoms with Gasteiger partial charge in [0.2, 0.25) is 5.95 Å². The maximum absolute atomic E-state index is 13.3. The minimum Gasteiger partial charge on any atom is -0.352 e. The monoisotopic (exact) mass is 387 g/mol. The number of nitrogens with zero attached hydrogens (tertiary/aromatic N) is 5. The van der Waals surface area contributed by atoms with E-state index in [4.69, 9.17) is 4.74 Å². The van der Waals surface area contributed by atoms with Gasteiger partial charge in [-0.1, -0.05) is 0 Å². The summed E-state index contributed by atoms with van der Waals surface area (Å²) in [6, 6.07) is 2.65. The van der Waals surface area contributed by atoms with Crippen LogP contribution in [0.5, 0.6) is 0 Å². The molecule has 0 N–H and O–H groups in total. The normalized spacial score (nSPS) is 20.7. The highest BCUT2D eigenvalue weighted by atomic mass is 19.1. The zero-order chi connectivity index (χ0) is 19.9. The number of ether oxygens (including phenoxy) is 1. The van der Waals surface area contributed by atoms with Crippen LogP contribution in [0.25, 0.3) is 0 Å². The molecular weight excluding hydrogens is 365 g/mol. The van der Waals surface area contributed by atoms with E-state index in [1.807, 2.05) is 10.8 Å². The lowest BCUT2D eigenvalue weighted by Crippen LogP contribution is -2.54. The number of rotatable bonds is 2. The quantitative estimate of drug-likeness (QED) is 0.720. The summed E-state index contributed by atoms with van der Waals surface area (Å²) in [7, 11) is 3.41. The van der Waals surface area contributed by atoms with Crippen molar-refractivity contribution < 1.29 is 18.7 Å². The first-order chi connectivity index (χ1) is 13.4. The van der Waals surface area contributed by atoms with Crippen molar-refractivity contribution >= 4 is 11.8 Å². The van der Waals surface area contributed by atoms with E-state index >= 15 is 0 Å². The number of pyridine rings is 1. The molecule has 2 aromatic heterocycles. The fraction of sp³-hybridized carbons (Fsp3) is 0.474. The number of likely N-dealkylation sites (N-methyl/N-ethyl adjacent to an activating group) is 1. The van der Waals surface area contributed by atoms with Crippen molar-refractivity contribution in [3.05, 3.63) is 48.1 Å². The van der Waals surface area contributed by atoms with Crippen LogP contribution < -0.4 is 0 Å². The van der Waals surface area contributed by atoms with Crippen LogP contribution in [0.2, 0.25) is 0 Å². The number of imidazole rings is 1. The second kappa shape index (κ2) is 6.97. The zero-order valence-electron chi connectivity index (χ0n) is 15.8. The predicted octanol–water partition coefficient (Wildman–Crippen LogP) is 1.04. The molecule has 0 radical (unpaired) electrons. The van der Waals surface area contributed by atoms with E-state index in [1.165, 1.54) is 17.2 Å². The molecule has 1 fully saturated rings. The number of amides is 2. The number of hydrogen-bond donors (Lipinski definition) is 0. The summed E-state index contributed by atoms with van der Waals surface area (Å²) < 4.78 is 21.6. The van der Waals surface area contributed by atoms with Crippen LogP contribution in [0.3, 0.4) is 0 Å². The Morgan fingerprint density at radius 2 is 2.00 bits per heavy atom. The summed E-state index contributed by atoms with van der Waals surface area (Å²) in [6.07, 6.45) is 5.29. The zero-order valence-corrected chi connectivity index (χ0v) is 15.8. The lowest BCUT2D eigenvalue weighted by molar-refractivity contribution is -0.178. The van der Waals surface area contributed by atoms with Crippen molar-refractivity contribution in [3.63, 3.8) is 0 Å². The van der Waals surface area contributed by atoms with Crippen LogP contribution >= 0.6 is 0 Å². The molecular formula is C19H22FN5O3. The minimum atomic E-state index is -0.710. The molecule has 9 heteroatoms. The lowest BCUT2D eigenvalue weighted by Gasteiger charge is -2.45. The van der Waals surface area contributed by atoms with Gasteiger partial charge in [-0.05, 0) is 6.07 Å². The highest BCUT2D eigenvalue weighted by Gasteiger charge is 2.47. The van der Waals surface area contributed by atoms with E-state index < -0.39 is 17.7 Å². The highest BCUT2D eigenvalue weighted by molar-refractivity contribution is 5.94. The third kappa shape index (κ3) is 3.15. The van der Waals surface area contributed by atoms with Crippen LogP contribution in [-0.2, 0) is 21.7 Å². The minimum absolute atomic E-state index is 0.0931. The standard InChI is InChI=1S/C19H22FN5O3/c1-23(2)17(27)14-12-25-10-7-22-18(25)19(28-14)4-8-24(9-5-19)16(26)13-3-6-21-15(20)11-13/h3,6-7,10-11,14H,4-5,8-9,12H2,1-2H3/t14-/m1/s1. The summed E-state index contributed by atoms with van der Waals surface area (Å²) in [5.74, 6) is -0.222. The molecule has 0 aromatic carbocycles. The van der Waals surface area contributed by atoms with Crippen molar-refractivity contribution in [3.8, 4) is 0 Å². The molecule has 8 nitrogen and oxygen atoms in total. The number of carbonyl (C=O) groups is 2. The van der Waals surface area contributed by atoms with Crippen LogP contribution in [-0.4, -0.2) is 69.4 Å². The van der Waals surface area contributed by atoms with E-state index in [1.54, 1.807) is 25.2 Å². The number of carbonyl (C=O) groups excluding carboxylic acids is 2. The molecule has 0 saturated carbocycles. The van der Waals surface area contributed by atoms with Gasteiger partial charge in [0, 0.05) is 70.2 Å². The first kappa shape index (κ1) is 18.5. The first-order valence-corrected chi connectivity index (χ1v) is 9.21. The van der Waals surface area contributed by atoms with Gasteiger partial charge in [0.15, 0.2) is 6.10 Å². The van der Waals surface area contributed by atoms with Crippen LogP contribution in [0.1, 0.15) is 29.0 Å². The van der Waals surface area contributed by atoms with Gasteiger partial charge in [0.05, 0.1) is 6.54 Å². The Kier molecular flexibility index (Phi) is 4.62. The third-order valence-corrected chi connectivity index (χ3v) is 5.40. The van der Waals surface area contributed by atoms with Gasteiger partial charge in [0.1, 0.15) is 11.4 Å². The average Bonchev–Trinajstić information content (AvgIpc) is 3.17. The third-order valence-electron chi connectivity index (χ3n) is 5.40. The van der Waals surface area contributed by atoms with Crippen molar-refractivity contribution in [1.29, 1.82) is 0 Å². The van der Waals surface area contributed by atoms with Crippen molar-refractivity contribution in [2.75, 3.05) is 27.2 Å². The number of halogens is 1. The van der Waals surface area contributed by atoms with Gasteiger partial charge in [-0.2, -0.15) is 4.39 Å². The molecule has 1 saturated heterocycles. The molecule has 0 aliphatic carbocycles. The molecule has 148 valence electrons. The number of aromatic nitrogens is 3. The largest absolute Gasteiger partial charge is 0.352 e. The molecule has 0 unspecified atom stereocenters. The molecule has 4 heterocycles. The van der Waals surface area contributed by atoms with Crippen LogP contribution in [0.4, 0.5) is 4.39 Å². The summed E-state index contributed by atoms with van der Waals surface area (Å²) in [5.41, 5.74) is -0.437. The van der Waals surface area contributed by atoms with Crippen molar-refractivity contribution in [1.82, 2.24) is 24.3 Å². The van der Waals surface area contributed by atoms with Gasteiger partial charge >= 0.3 is 0 Å². The van der Waals surface area contributed by atoms with E-state index in [0.29, 0.717) is 32.5 Å². The van der Waals surface area contributed by atoms with E-state index in [0.717, 1.165) is 11.9 Å². The topological polar surface area (TPSA) is 80.6 Å². The predicted molar refractivity (Wildman–Crippen MR) is 96.8 cm³/mol. The lowest BCUT2D eigenvalue weighted by atomic mass is 9.88. The maximum Gasteiger partial charge on any atom is 0.254 e. The Bertz CT molecular complexity index is 904. The summed E-state index contributed by atoms with van der Waals surface area (Å²) in [6.45, 7) is 1.28. The number of fused-ring (bicyclic) bond motifs is 2. The Balaban J connectivity index is 1.54. The number of hydrogen-bond acceptors (Lipinski definition) is 5. The van der Waals surface area contributed by atoms with Crippen LogP contribution in [0, 0.1) is 5.95 Å². The Morgan fingerprint density at radius 1 is 1.25 bits per heavy atom. The van der Waals surface area contributed by atoms with E-state index in [-0.39, 0.29) is 17.4 Å². The molecule has 4 rings (SSSR count). The highest BCUT2D eigenvalue weighted by Crippen LogP contribution is 2.40. The molecule has 2 aliphatic heterocycles. The Morgan fingerprint density at radius 3 is 2.68 bits per heavy atom. The number of piperidine rings is 1. The van der Waals surface area contributed by atoms with E-state index in [9.17, 15) is 14.0 Å².